The smallest absolute Gasteiger partial charge is 0.132 e. The average Bonchev–Trinajstić information content (AvgIpc) is 2.78. The highest BCUT2D eigenvalue weighted by molar-refractivity contribution is 8.00. The van der Waals surface area contributed by atoms with E-state index in [1.807, 2.05) is 49.2 Å². The molecule has 5 heteroatoms. The topological polar surface area (TPSA) is 28.2 Å². The highest BCUT2D eigenvalue weighted by Gasteiger charge is 2.13. The molecule has 0 saturated heterocycles. The van der Waals surface area contributed by atoms with Crippen molar-refractivity contribution in [2.75, 3.05) is 16.7 Å². The molecule has 3 aromatic rings. The van der Waals surface area contributed by atoms with Crippen LogP contribution >= 0.6 is 23.5 Å². The summed E-state index contributed by atoms with van der Waals surface area (Å²) in [6, 6.07) is 18.5. The molecule has 0 fully saturated rings. The van der Waals surface area contributed by atoms with Gasteiger partial charge in [-0.15, -0.1) is 0 Å². The maximum Gasteiger partial charge on any atom is 0.132 e. The number of halogens is 1. The number of nitrogens with zero attached hydrogens (tertiary/aromatic N) is 2. The van der Waals surface area contributed by atoms with Crippen LogP contribution in [0.25, 0.3) is 6.08 Å². The Morgan fingerprint density at radius 3 is 2.21 bits per heavy atom. The number of anilines is 2. The van der Waals surface area contributed by atoms with E-state index in [4.69, 9.17) is 11.6 Å². The first kappa shape index (κ1) is 26.6. The predicted molar refractivity (Wildman–Crippen MR) is 148 cm³/mol. The highest BCUT2D eigenvalue weighted by Crippen LogP contribution is 2.31. The van der Waals surface area contributed by atoms with Gasteiger partial charge in [-0.25, -0.2) is 4.98 Å². The van der Waals surface area contributed by atoms with E-state index in [2.05, 4.69) is 74.8 Å². The second-order valence-corrected chi connectivity index (χ2v) is 10.0. The molecule has 0 radical (unpaired) electrons. The second-order valence-electron chi connectivity index (χ2n) is 8.75. The fraction of sp³-hybridized carbons (Fsp3) is 0.250. The van der Waals surface area contributed by atoms with Crippen LogP contribution in [0.5, 0.6) is 0 Å². The van der Waals surface area contributed by atoms with Gasteiger partial charge in [0.2, 0.25) is 0 Å². The molecule has 2 aromatic carbocycles. The Hall–Kier alpha value is -2.69. The Morgan fingerprint density at radius 1 is 1.00 bits per heavy atom. The molecule has 0 bridgehead atoms. The van der Waals surface area contributed by atoms with E-state index < -0.39 is 0 Å². The molecular weight excluding hydrogens is 446 g/mol. The number of rotatable bonds is 6. The predicted octanol–water partition coefficient (Wildman–Crippen LogP) is 8.68. The summed E-state index contributed by atoms with van der Waals surface area (Å²) >= 11 is 7.78. The molecule has 0 spiro atoms. The minimum absolute atomic E-state index is 0.183. The number of aryl methyl sites for hydroxylation is 1. The summed E-state index contributed by atoms with van der Waals surface area (Å²) < 4.78 is 3.40. The van der Waals surface area contributed by atoms with Crippen molar-refractivity contribution in [1.29, 1.82) is 0 Å². The zero-order chi connectivity index (χ0) is 24.6. The van der Waals surface area contributed by atoms with E-state index >= 15 is 0 Å². The molecule has 1 heterocycles. The van der Waals surface area contributed by atoms with E-state index in [0.717, 1.165) is 33.3 Å². The Morgan fingerprint density at radius 2 is 1.67 bits per heavy atom. The summed E-state index contributed by atoms with van der Waals surface area (Å²) in [5.41, 5.74) is 5.70. The van der Waals surface area contributed by atoms with Crippen molar-refractivity contribution in [2.24, 2.45) is 0 Å². The third-order valence-corrected chi connectivity index (χ3v) is 6.33. The lowest BCUT2D eigenvalue weighted by Gasteiger charge is -2.19. The van der Waals surface area contributed by atoms with Crippen LogP contribution in [0.15, 0.2) is 78.9 Å². The molecule has 0 atom stereocenters. The molecule has 0 saturated carbocycles. The van der Waals surface area contributed by atoms with E-state index in [-0.39, 0.29) is 5.41 Å². The molecule has 3 rings (SSSR count). The van der Waals surface area contributed by atoms with Gasteiger partial charge in [-0.2, -0.15) is 0 Å². The molecule has 174 valence electrons. The maximum absolute atomic E-state index is 6.17. The van der Waals surface area contributed by atoms with E-state index in [1.165, 1.54) is 10.5 Å². The normalized spacial score (nSPS) is 10.6. The minimum atomic E-state index is 0.183. The Labute approximate surface area is 208 Å². The monoisotopic (exact) mass is 479 g/mol. The molecule has 1 N–H and O–H groups in total. The van der Waals surface area contributed by atoms with Crippen molar-refractivity contribution >= 4 is 41.1 Å². The fourth-order valence-corrected chi connectivity index (χ4v) is 4.02. The van der Waals surface area contributed by atoms with Crippen LogP contribution in [0, 0.1) is 13.8 Å². The molecule has 0 aliphatic rings. The average molecular weight is 480 g/mol. The van der Waals surface area contributed by atoms with Crippen LogP contribution < -0.4 is 9.62 Å². The summed E-state index contributed by atoms with van der Waals surface area (Å²) in [4.78, 5) is 7.36. The van der Waals surface area contributed by atoms with Crippen LogP contribution in [-0.2, 0) is 5.41 Å². The van der Waals surface area contributed by atoms with Crippen LogP contribution in [0.3, 0.4) is 0 Å². The number of hydrogen-bond donors (Lipinski definition) is 1. The van der Waals surface area contributed by atoms with Gasteiger partial charge in [-0.3, -0.25) is 0 Å². The standard InChI is InChI=1S/C19H22ClNS.C9H12N2/c1-6-16-13(2)18(12-11-17(16)20)21-22-15-9-7-14(8-10-15)19(3,4)5;1-4-11(3)9-7-5-6-8(2)10-9/h6-12,21H,1H2,2-5H3;4-7H,1H2,2-3H3. The van der Waals surface area contributed by atoms with Crippen molar-refractivity contribution in [3.63, 3.8) is 0 Å². The largest absolute Gasteiger partial charge is 0.337 e. The van der Waals surface area contributed by atoms with Crippen LogP contribution in [0.4, 0.5) is 11.5 Å². The van der Waals surface area contributed by atoms with Crippen molar-refractivity contribution in [1.82, 2.24) is 4.98 Å². The Kier molecular flexibility index (Phi) is 9.63. The number of nitrogens with one attached hydrogen (secondary N) is 1. The van der Waals surface area contributed by atoms with E-state index in [9.17, 15) is 0 Å². The molecule has 0 aliphatic carbocycles. The zero-order valence-corrected chi connectivity index (χ0v) is 22.0. The van der Waals surface area contributed by atoms with Crippen molar-refractivity contribution < 1.29 is 0 Å². The van der Waals surface area contributed by atoms with Crippen LogP contribution in [0.1, 0.15) is 43.2 Å². The van der Waals surface area contributed by atoms with Gasteiger partial charge in [0.15, 0.2) is 0 Å². The summed E-state index contributed by atoms with van der Waals surface area (Å²) in [5.74, 6) is 0.931. The van der Waals surface area contributed by atoms with Crippen molar-refractivity contribution in [3.8, 4) is 0 Å². The third kappa shape index (κ3) is 7.69. The van der Waals surface area contributed by atoms with Crippen molar-refractivity contribution in [2.45, 2.75) is 44.9 Å². The molecule has 0 aliphatic heterocycles. The van der Waals surface area contributed by atoms with Gasteiger partial charge in [0, 0.05) is 28.3 Å². The maximum atomic E-state index is 6.17. The number of benzene rings is 2. The van der Waals surface area contributed by atoms with Gasteiger partial charge in [-0.1, -0.05) is 69.8 Å². The summed E-state index contributed by atoms with van der Waals surface area (Å²) in [7, 11) is 1.93. The van der Waals surface area contributed by atoms with Gasteiger partial charge >= 0.3 is 0 Å². The summed E-state index contributed by atoms with van der Waals surface area (Å²) in [6.45, 7) is 18.2. The van der Waals surface area contributed by atoms with Crippen molar-refractivity contribution in [3.05, 3.63) is 101 Å². The molecule has 3 nitrogen and oxygen atoms in total. The quantitative estimate of drug-likeness (QED) is 0.358. The third-order valence-electron chi connectivity index (χ3n) is 5.17. The highest BCUT2D eigenvalue weighted by atomic mass is 35.5. The zero-order valence-electron chi connectivity index (χ0n) is 20.4. The molecule has 0 amide bonds. The lowest BCUT2D eigenvalue weighted by molar-refractivity contribution is 0.590. The molecule has 33 heavy (non-hydrogen) atoms. The Bertz CT molecular complexity index is 1090. The molecule has 0 unspecified atom stereocenters. The number of aromatic nitrogens is 1. The first-order chi connectivity index (χ1) is 15.6. The fourth-order valence-electron chi connectivity index (χ4n) is 3.01. The van der Waals surface area contributed by atoms with Gasteiger partial charge in [-0.05, 0) is 90.5 Å². The van der Waals surface area contributed by atoms with Gasteiger partial charge in [0.05, 0.1) is 0 Å². The van der Waals surface area contributed by atoms with Gasteiger partial charge in [0.25, 0.3) is 0 Å². The number of pyridine rings is 1. The summed E-state index contributed by atoms with van der Waals surface area (Å²) in [5, 5.41) is 0.734. The lowest BCUT2D eigenvalue weighted by atomic mass is 9.87. The van der Waals surface area contributed by atoms with Gasteiger partial charge < -0.3 is 9.62 Å². The van der Waals surface area contributed by atoms with Crippen LogP contribution in [-0.4, -0.2) is 12.0 Å². The molecule has 1 aromatic heterocycles. The van der Waals surface area contributed by atoms with E-state index in [1.54, 1.807) is 24.2 Å². The first-order valence-electron chi connectivity index (χ1n) is 10.8. The lowest BCUT2D eigenvalue weighted by Crippen LogP contribution is -2.10. The number of hydrogen-bond acceptors (Lipinski definition) is 4. The first-order valence-corrected chi connectivity index (χ1v) is 12.0. The minimum Gasteiger partial charge on any atom is -0.337 e. The molecular formula is C28H34ClN3S. The van der Waals surface area contributed by atoms with Gasteiger partial charge in [0.1, 0.15) is 5.82 Å². The second kappa shape index (κ2) is 12.0. The Balaban J connectivity index is 0.000000294. The van der Waals surface area contributed by atoms with E-state index in [0.29, 0.717) is 0 Å². The van der Waals surface area contributed by atoms with Crippen LogP contribution in [0.2, 0.25) is 5.02 Å². The summed E-state index contributed by atoms with van der Waals surface area (Å²) in [6.07, 6.45) is 3.54. The SMILES string of the molecule is C=CN(C)c1cccc(C)n1.C=Cc1c(Cl)ccc(NSc2ccc(C(C)(C)C)cc2)c1C.